The summed E-state index contributed by atoms with van der Waals surface area (Å²) in [6.07, 6.45) is 0. The number of hydrogen-bond donors (Lipinski definition) is 2. The summed E-state index contributed by atoms with van der Waals surface area (Å²) in [6.45, 7) is 1.86. The highest BCUT2D eigenvalue weighted by atomic mass is 35.5. The second kappa shape index (κ2) is 8.69. The summed E-state index contributed by atoms with van der Waals surface area (Å²) in [5, 5.41) is 12.1. The molecule has 25 heavy (non-hydrogen) atoms. The van der Waals surface area contributed by atoms with Crippen LogP contribution in [0.4, 0.5) is 4.39 Å². The number of halogens is 2. The Morgan fingerprint density at radius 1 is 1.36 bits per heavy atom. The van der Waals surface area contributed by atoms with Crippen LogP contribution in [0.2, 0.25) is 5.02 Å². The Kier molecular flexibility index (Phi) is 6.61. The summed E-state index contributed by atoms with van der Waals surface area (Å²) in [5.41, 5.74) is 1.15. The average Bonchev–Trinajstić information content (AvgIpc) is 2.59. The highest BCUT2D eigenvalue weighted by molar-refractivity contribution is 6.32. The van der Waals surface area contributed by atoms with Gasteiger partial charge in [-0.15, -0.1) is 0 Å². The van der Waals surface area contributed by atoms with E-state index >= 15 is 0 Å². The lowest BCUT2D eigenvalue weighted by Gasteiger charge is -2.15. The zero-order chi connectivity index (χ0) is 18.4. The molecule has 0 aliphatic carbocycles. The molecule has 2 rings (SSSR count). The molecule has 2 N–H and O–H groups in total. The molecule has 0 aliphatic heterocycles. The SMILES string of the molecule is COc1cc(CNC(C)C(=O)O)cc(Cl)c1OCc1ccccc1F. The minimum atomic E-state index is -0.942. The fourth-order valence-corrected chi connectivity index (χ4v) is 2.43. The molecule has 0 heterocycles. The first-order chi connectivity index (χ1) is 11.9. The third-order valence-electron chi connectivity index (χ3n) is 3.60. The number of ether oxygens (including phenoxy) is 2. The van der Waals surface area contributed by atoms with Crippen LogP contribution in [0.15, 0.2) is 36.4 Å². The van der Waals surface area contributed by atoms with Crippen molar-refractivity contribution in [3.63, 3.8) is 0 Å². The molecule has 0 saturated carbocycles. The van der Waals surface area contributed by atoms with Gasteiger partial charge in [0, 0.05) is 12.1 Å². The fraction of sp³-hybridized carbons (Fsp3) is 0.278. The van der Waals surface area contributed by atoms with E-state index in [1.54, 1.807) is 37.3 Å². The van der Waals surface area contributed by atoms with Crippen LogP contribution in [0.25, 0.3) is 0 Å². The molecule has 0 spiro atoms. The van der Waals surface area contributed by atoms with E-state index in [1.807, 2.05) is 0 Å². The van der Waals surface area contributed by atoms with Gasteiger partial charge in [0.05, 0.1) is 12.1 Å². The second-order valence-corrected chi connectivity index (χ2v) is 5.84. The maximum absolute atomic E-state index is 13.7. The highest BCUT2D eigenvalue weighted by Crippen LogP contribution is 2.37. The van der Waals surface area contributed by atoms with Crippen LogP contribution >= 0.6 is 11.6 Å². The molecule has 2 aromatic rings. The van der Waals surface area contributed by atoms with Gasteiger partial charge in [-0.25, -0.2) is 4.39 Å². The lowest BCUT2D eigenvalue weighted by Crippen LogP contribution is -2.33. The topological polar surface area (TPSA) is 67.8 Å². The Bertz CT molecular complexity index is 754. The molecule has 0 aliphatic rings. The van der Waals surface area contributed by atoms with Crippen LogP contribution < -0.4 is 14.8 Å². The van der Waals surface area contributed by atoms with E-state index in [2.05, 4.69) is 5.32 Å². The third kappa shape index (κ3) is 5.08. The molecule has 0 fully saturated rings. The average molecular weight is 368 g/mol. The van der Waals surface area contributed by atoms with Crippen LogP contribution in [0.5, 0.6) is 11.5 Å². The number of carbonyl (C=O) groups is 1. The van der Waals surface area contributed by atoms with Crippen LogP contribution in [0.1, 0.15) is 18.1 Å². The summed E-state index contributed by atoms with van der Waals surface area (Å²) in [5.74, 6) is -0.602. The minimum Gasteiger partial charge on any atom is -0.493 e. The first-order valence-electron chi connectivity index (χ1n) is 7.61. The van der Waals surface area contributed by atoms with Gasteiger partial charge in [-0.2, -0.15) is 0 Å². The maximum Gasteiger partial charge on any atom is 0.320 e. The quantitative estimate of drug-likeness (QED) is 0.745. The Hall–Kier alpha value is -2.31. The lowest BCUT2D eigenvalue weighted by molar-refractivity contribution is -0.139. The van der Waals surface area contributed by atoms with Gasteiger partial charge in [0.2, 0.25) is 0 Å². The molecule has 0 amide bonds. The molecule has 0 saturated heterocycles. The predicted molar refractivity (Wildman–Crippen MR) is 92.7 cm³/mol. The molecule has 1 atom stereocenters. The number of carboxylic acid groups (broad SMARTS) is 1. The van der Waals surface area contributed by atoms with Crippen molar-refractivity contribution in [3.05, 3.63) is 58.4 Å². The second-order valence-electron chi connectivity index (χ2n) is 5.43. The Labute approximate surface area is 150 Å². The molecule has 134 valence electrons. The first kappa shape index (κ1) is 19.0. The molecule has 0 bridgehead atoms. The number of rotatable bonds is 8. The summed E-state index contributed by atoms with van der Waals surface area (Å²) >= 11 is 6.25. The predicted octanol–water partition coefficient (Wildman–Crippen LogP) is 3.63. The monoisotopic (exact) mass is 367 g/mol. The van der Waals surface area contributed by atoms with Gasteiger partial charge < -0.3 is 19.9 Å². The Balaban J connectivity index is 2.13. The van der Waals surface area contributed by atoms with Crippen molar-refractivity contribution in [3.8, 4) is 11.5 Å². The van der Waals surface area contributed by atoms with Crippen molar-refractivity contribution in [2.45, 2.75) is 26.1 Å². The molecular formula is C18H19ClFNO4. The van der Waals surface area contributed by atoms with E-state index in [0.717, 1.165) is 5.56 Å². The summed E-state index contributed by atoms with van der Waals surface area (Å²) < 4.78 is 24.6. The molecule has 7 heteroatoms. The zero-order valence-corrected chi connectivity index (χ0v) is 14.6. The molecule has 0 radical (unpaired) electrons. The minimum absolute atomic E-state index is 0.0103. The normalized spacial score (nSPS) is 11.8. The van der Waals surface area contributed by atoms with Gasteiger partial charge in [-0.3, -0.25) is 4.79 Å². The van der Waals surface area contributed by atoms with Crippen molar-refractivity contribution < 1.29 is 23.8 Å². The van der Waals surface area contributed by atoms with Crippen molar-refractivity contribution in [2.75, 3.05) is 7.11 Å². The van der Waals surface area contributed by atoms with Crippen LogP contribution in [0, 0.1) is 5.82 Å². The molecule has 0 aromatic heterocycles. The van der Waals surface area contributed by atoms with Gasteiger partial charge >= 0.3 is 5.97 Å². The zero-order valence-electron chi connectivity index (χ0n) is 13.9. The number of carboxylic acids is 1. The largest absolute Gasteiger partial charge is 0.493 e. The third-order valence-corrected chi connectivity index (χ3v) is 3.88. The van der Waals surface area contributed by atoms with Gasteiger partial charge in [0.15, 0.2) is 11.5 Å². The maximum atomic E-state index is 13.7. The van der Waals surface area contributed by atoms with E-state index in [1.165, 1.54) is 13.2 Å². The lowest BCUT2D eigenvalue weighted by atomic mass is 10.2. The summed E-state index contributed by atoms with van der Waals surface area (Å²) in [7, 11) is 1.47. The van der Waals surface area contributed by atoms with Crippen molar-refractivity contribution in [2.24, 2.45) is 0 Å². The number of benzene rings is 2. The van der Waals surface area contributed by atoms with Crippen molar-refractivity contribution in [1.29, 1.82) is 0 Å². The van der Waals surface area contributed by atoms with Crippen LogP contribution in [-0.2, 0) is 17.9 Å². The number of nitrogens with one attached hydrogen (secondary N) is 1. The Morgan fingerprint density at radius 2 is 2.08 bits per heavy atom. The van der Waals surface area contributed by atoms with E-state index in [0.29, 0.717) is 28.6 Å². The highest BCUT2D eigenvalue weighted by Gasteiger charge is 2.15. The van der Waals surface area contributed by atoms with E-state index < -0.39 is 12.0 Å². The molecular weight excluding hydrogens is 349 g/mol. The van der Waals surface area contributed by atoms with Gasteiger partial charge in [0.1, 0.15) is 18.5 Å². The van der Waals surface area contributed by atoms with E-state index in [9.17, 15) is 9.18 Å². The van der Waals surface area contributed by atoms with Crippen molar-refractivity contribution in [1.82, 2.24) is 5.32 Å². The molecule has 5 nitrogen and oxygen atoms in total. The summed E-state index contributed by atoms with van der Waals surface area (Å²) in [4.78, 5) is 10.8. The summed E-state index contributed by atoms with van der Waals surface area (Å²) in [6, 6.07) is 8.97. The first-order valence-corrected chi connectivity index (χ1v) is 7.99. The number of aliphatic carboxylic acids is 1. The standard InChI is InChI=1S/C18H19ClFNO4/c1-11(18(22)23)21-9-12-7-14(19)17(16(8-12)24-2)25-10-13-5-3-4-6-15(13)20/h3-8,11,21H,9-10H2,1-2H3,(H,22,23). The van der Waals surface area contributed by atoms with E-state index in [-0.39, 0.29) is 12.4 Å². The van der Waals surface area contributed by atoms with Gasteiger partial charge in [-0.1, -0.05) is 29.8 Å². The number of methoxy groups -OCH3 is 1. The van der Waals surface area contributed by atoms with Crippen molar-refractivity contribution >= 4 is 17.6 Å². The number of hydrogen-bond acceptors (Lipinski definition) is 4. The smallest absolute Gasteiger partial charge is 0.320 e. The van der Waals surface area contributed by atoms with Crippen LogP contribution in [0.3, 0.4) is 0 Å². The van der Waals surface area contributed by atoms with Gasteiger partial charge in [0.25, 0.3) is 0 Å². The molecule has 2 aromatic carbocycles. The van der Waals surface area contributed by atoms with E-state index in [4.69, 9.17) is 26.2 Å². The Morgan fingerprint density at radius 3 is 2.72 bits per heavy atom. The fourth-order valence-electron chi connectivity index (χ4n) is 2.14. The van der Waals surface area contributed by atoms with Crippen LogP contribution in [-0.4, -0.2) is 24.2 Å². The van der Waals surface area contributed by atoms with Gasteiger partial charge in [-0.05, 0) is 30.7 Å². The molecule has 1 unspecified atom stereocenters.